The van der Waals surface area contributed by atoms with Gasteiger partial charge in [-0.15, -0.1) is 0 Å². The van der Waals surface area contributed by atoms with E-state index in [1.807, 2.05) is 13.0 Å². The summed E-state index contributed by atoms with van der Waals surface area (Å²) in [6, 6.07) is 2.30. The van der Waals surface area contributed by atoms with Gasteiger partial charge in [0.25, 0.3) is 0 Å². The molecule has 82 valence electrons. The second-order valence-corrected chi connectivity index (χ2v) is 4.18. The number of carbonyl (C=O) groups excluding carboxylic acids is 1. The number of amides is 1. The number of nitrogens with one attached hydrogen (secondary N) is 1. The Labute approximate surface area is 89.7 Å². The fraction of sp³-hybridized carbons (Fsp3) is 0.636. The van der Waals surface area contributed by atoms with Crippen LogP contribution in [0, 0.1) is 6.92 Å². The van der Waals surface area contributed by atoms with E-state index < -0.39 is 0 Å². The number of aryl methyl sites for hydroxylation is 1. The first-order valence-electron chi connectivity index (χ1n) is 5.53. The zero-order chi connectivity index (χ0) is 10.7. The van der Waals surface area contributed by atoms with Gasteiger partial charge in [0.2, 0.25) is 5.91 Å². The molecule has 0 atom stereocenters. The Hall–Kier alpha value is -1.32. The van der Waals surface area contributed by atoms with Crippen LogP contribution in [0.15, 0.2) is 12.3 Å². The van der Waals surface area contributed by atoms with E-state index in [4.69, 9.17) is 0 Å². The first-order chi connectivity index (χ1) is 7.25. The van der Waals surface area contributed by atoms with E-state index in [1.54, 1.807) is 10.9 Å². The molecule has 1 aromatic rings. The van der Waals surface area contributed by atoms with Crippen LogP contribution >= 0.6 is 0 Å². The zero-order valence-electron chi connectivity index (χ0n) is 9.07. The maximum atomic E-state index is 11.6. The predicted octanol–water partition coefficient (Wildman–Crippen LogP) is 1.25. The summed E-state index contributed by atoms with van der Waals surface area (Å²) in [7, 11) is 0. The maximum Gasteiger partial charge on any atom is 0.241 e. The molecule has 1 aliphatic carbocycles. The Morgan fingerprint density at radius 3 is 2.93 bits per heavy atom. The Morgan fingerprint density at radius 1 is 1.60 bits per heavy atom. The minimum Gasteiger partial charge on any atom is -0.352 e. The third-order valence-electron chi connectivity index (χ3n) is 2.94. The van der Waals surface area contributed by atoms with Crippen molar-refractivity contribution in [3.05, 3.63) is 18.0 Å². The quantitative estimate of drug-likeness (QED) is 0.810. The highest BCUT2D eigenvalue weighted by Gasteiger charge is 2.17. The van der Waals surface area contributed by atoms with Gasteiger partial charge in [0, 0.05) is 17.9 Å². The third-order valence-corrected chi connectivity index (χ3v) is 2.94. The number of carbonyl (C=O) groups is 1. The predicted molar refractivity (Wildman–Crippen MR) is 57.4 cm³/mol. The summed E-state index contributed by atoms with van der Waals surface area (Å²) in [5.41, 5.74) is 1.02. The lowest BCUT2D eigenvalue weighted by molar-refractivity contribution is -0.122. The van der Waals surface area contributed by atoms with E-state index in [2.05, 4.69) is 10.4 Å². The van der Waals surface area contributed by atoms with Crippen LogP contribution in [0.25, 0.3) is 0 Å². The number of nitrogens with zero attached hydrogens (tertiary/aromatic N) is 2. The van der Waals surface area contributed by atoms with Gasteiger partial charge >= 0.3 is 0 Å². The monoisotopic (exact) mass is 207 g/mol. The molecular weight excluding hydrogens is 190 g/mol. The van der Waals surface area contributed by atoms with Gasteiger partial charge in [0.15, 0.2) is 0 Å². The molecule has 0 bridgehead atoms. The van der Waals surface area contributed by atoms with Gasteiger partial charge in [-0.2, -0.15) is 5.10 Å². The largest absolute Gasteiger partial charge is 0.352 e. The maximum absolute atomic E-state index is 11.6. The second kappa shape index (κ2) is 4.47. The normalized spacial score (nSPS) is 16.9. The standard InChI is InChI=1S/C11H17N3O/c1-9-6-7-12-14(9)8-11(15)13-10-4-2-3-5-10/h6-7,10H,2-5,8H2,1H3,(H,13,15). The van der Waals surface area contributed by atoms with Gasteiger partial charge in [-0.05, 0) is 25.8 Å². The van der Waals surface area contributed by atoms with Crippen molar-refractivity contribution >= 4 is 5.91 Å². The van der Waals surface area contributed by atoms with Crippen LogP contribution in [0.5, 0.6) is 0 Å². The molecule has 0 radical (unpaired) electrons. The summed E-state index contributed by atoms with van der Waals surface area (Å²) in [5.74, 6) is 0.0775. The van der Waals surface area contributed by atoms with Crippen LogP contribution in [-0.2, 0) is 11.3 Å². The van der Waals surface area contributed by atoms with Crippen molar-refractivity contribution in [1.82, 2.24) is 15.1 Å². The topological polar surface area (TPSA) is 46.9 Å². The van der Waals surface area contributed by atoms with Crippen molar-refractivity contribution in [2.75, 3.05) is 0 Å². The molecular formula is C11H17N3O. The fourth-order valence-corrected chi connectivity index (χ4v) is 2.04. The Balaban J connectivity index is 1.84. The average molecular weight is 207 g/mol. The molecule has 1 aliphatic rings. The summed E-state index contributed by atoms with van der Waals surface area (Å²) in [6.07, 6.45) is 6.46. The molecule has 2 rings (SSSR count). The summed E-state index contributed by atoms with van der Waals surface area (Å²) < 4.78 is 1.73. The molecule has 1 amide bonds. The molecule has 1 aromatic heterocycles. The number of hydrogen-bond acceptors (Lipinski definition) is 2. The summed E-state index contributed by atoms with van der Waals surface area (Å²) in [4.78, 5) is 11.6. The smallest absolute Gasteiger partial charge is 0.241 e. The highest BCUT2D eigenvalue weighted by molar-refractivity contribution is 5.76. The molecule has 1 heterocycles. The van der Waals surface area contributed by atoms with Gasteiger partial charge in [-0.1, -0.05) is 12.8 Å². The first kappa shape index (κ1) is 10.2. The van der Waals surface area contributed by atoms with Crippen LogP contribution in [0.3, 0.4) is 0 Å². The van der Waals surface area contributed by atoms with Crippen molar-refractivity contribution in [3.8, 4) is 0 Å². The third kappa shape index (κ3) is 2.58. The molecule has 4 nitrogen and oxygen atoms in total. The van der Waals surface area contributed by atoms with Gasteiger partial charge in [0.05, 0.1) is 0 Å². The molecule has 0 spiro atoms. The molecule has 1 fully saturated rings. The molecule has 1 saturated carbocycles. The second-order valence-electron chi connectivity index (χ2n) is 4.18. The molecule has 0 unspecified atom stereocenters. The SMILES string of the molecule is Cc1ccnn1CC(=O)NC1CCCC1. The minimum absolute atomic E-state index is 0.0775. The fourth-order valence-electron chi connectivity index (χ4n) is 2.04. The number of rotatable bonds is 3. The van der Waals surface area contributed by atoms with Crippen molar-refractivity contribution < 1.29 is 4.79 Å². The number of aromatic nitrogens is 2. The van der Waals surface area contributed by atoms with Crippen molar-refractivity contribution in [2.45, 2.75) is 45.2 Å². The summed E-state index contributed by atoms with van der Waals surface area (Å²) in [5, 5.41) is 7.13. The molecule has 15 heavy (non-hydrogen) atoms. The molecule has 4 heteroatoms. The van der Waals surface area contributed by atoms with Crippen LogP contribution in [0.2, 0.25) is 0 Å². The first-order valence-corrected chi connectivity index (χ1v) is 5.53. The van der Waals surface area contributed by atoms with E-state index in [0.29, 0.717) is 12.6 Å². The van der Waals surface area contributed by atoms with Gasteiger partial charge in [0.1, 0.15) is 6.54 Å². The van der Waals surface area contributed by atoms with Gasteiger partial charge in [-0.3, -0.25) is 9.48 Å². The lowest BCUT2D eigenvalue weighted by Crippen LogP contribution is -2.35. The van der Waals surface area contributed by atoms with Crippen LogP contribution < -0.4 is 5.32 Å². The van der Waals surface area contributed by atoms with Crippen molar-refractivity contribution in [3.63, 3.8) is 0 Å². The highest BCUT2D eigenvalue weighted by Crippen LogP contribution is 2.17. The van der Waals surface area contributed by atoms with E-state index in [0.717, 1.165) is 18.5 Å². The molecule has 0 aromatic carbocycles. The van der Waals surface area contributed by atoms with E-state index in [1.165, 1.54) is 12.8 Å². The van der Waals surface area contributed by atoms with E-state index in [-0.39, 0.29) is 5.91 Å². The van der Waals surface area contributed by atoms with Crippen molar-refractivity contribution in [1.29, 1.82) is 0 Å². The molecule has 0 aliphatic heterocycles. The van der Waals surface area contributed by atoms with Crippen LogP contribution in [0.1, 0.15) is 31.4 Å². The minimum atomic E-state index is 0.0775. The molecule has 0 saturated heterocycles. The van der Waals surface area contributed by atoms with E-state index >= 15 is 0 Å². The lowest BCUT2D eigenvalue weighted by Gasteiger charge is -2.12. The molecule has 1 N–H and O–H groups in total. The van der Waals surface area contributed by atoms with Gasteiger partial charge in [-0.25, -0.2) is 0 Å². The average Bonchev–Trinajstić information content (AvgIpc) is 2.79. The Bertz CT molecular complexity index is 339. The Morgan fingerprint density at radius 2 is 2.33 bits per heavy atom. The van der Waals surface area contributed by atoms with Gasteiger partial charge < -0.3 is 5.32 Å². The summed E-state index contributed by atoms with van der Waals surface area (Å²) in [6.45, 7) is 2.30. The Kier molecular flexibility index (Phi) is 3.04. The lowest BCUT2D eigenvalue weighted by atomic mass is 10.2. The van der Waals surface area contributed by atoms with E-state index in [9.17, 15) is 4.79 Å². The highest BCUT2D eigenvalue weighted by atomic mass is 16.2. The van der Waals surface area contributed by atoms with Crippen LogP contribution in [-0.4, -0.2) is 21.7 Å². The number of hydrogen-bond donors (Lipinski definition) is 1. The zero-order valence-corrected chi connectivity index (χ0v) is 9.07. The van der Waals surface area contributed by atoms with Crippen molar-refractivity contribution in [2.24, 2.45) is 0 Å². The summed E-state index contributed by atoms with van der Waals surface area (Å²) >= 11 is 0. The van der Waals surface area contributed by atoms with Crippen LogP contribution in [0.4, 0.5) is 0 Å².